The summed E-state index contributed by atoms with van der Waals surface area (Å²) in [4.78, 5) is 4.09. The van der Waals surface area contributed by atoms with Gasteiger partial charge in [0.1, 0.15) is 0 Å². The van der Waals surface area contributed by atoms with Crippen molar-refractivity contribution in [2.24, 2.45) is 0 Å². The van der Waals surface area contributed by atoms with Gasteiger partial charge in [-0.1, -0.05) is 61.2 Å². The highest BCUT2D eigenvalue weighted by atomic mass is 14.9. The zero-order valence-electron chi connectivity index (χ0n) is 14.8. The zero-order chi connectivity index (χ0) is 18.0. The first-order valence-electron chi connectivity index (χ1n) is 8.90. The standard InChI is InChI=1S/C24H22N2/c1-3-14-24(18(2)26-17-19-12-15-25-16-13-19)22-10-6-4-8-20(22)21-9-5-7-11-23(21)24/h3-13,15-16,26H,1-2,14,17H2. The molecule has 1 aliphatic carbocycles. The van der Waals surface area contributed by atoms with Gasteiger partial charge in [-0.25, -0.2) is 0 Å². The summed E-state index contributed by atoms with van der Waals surface area (Å²) in [7, 11) is 0. The highest BCUT2D eigenvalue weighted by Crippen LogP contribution is 2.53. The first kappa shape index (κ1) is 16.3. The molecule has 1 aliphatic rings. The lowest BCUT2D eigenvalue weighted by atomic mass is 9.73. The van der Waals surface area contributed by atoms with Gasteiger partial charge >= 0.3 is 0 Å². The maximum atomic E-state index is 4.47. The number of nitrogens with zero attached hydrogens (tertiary/aromatic N) is 1. The van der Waals surface area contributed by atoms with Gasteiger partial charge in [-0.3, -0.25) is 4.98 Å². The van der Waals surface area contributed by atoms with Crippen LogP contribution in [-0.2, 0) is 12.0 Å². The molecule has 128 valence electrons. The number of hydrogen-bond donors (Lipinski definition) is 1. The van der Waals surface area contributed by atoms with Gasteiger partial charge in [0, 0.05) is 24.6 Å². The van der Waals surface area contributed by atoms with Crippen LogP contribution in [0.15, 0.2) is 98.0 Å². The van der Waals surface area contributed by atoms with Crippen LogP contribution in [0.25, 0.3) is 11.1 Å². The molecule has 0 atom stereocenters. The number of aromatic nitrogens is 1. The van der Waals surface area contributed by atoms with Gasteiger partial charge in [0.25, 0.3) is 0 Å². The molecule has 0 unspecified atom stereocenters. The van der Waals surface area contributed by atoms with E-state index in [1.165, 1.54) is 27.8 Å². The van der Waals surface area contributed by atoms with E-state index in [1.54, 1.807) is 0 Å². The van der Waals surface area contributed by atoms with Gasteiger partial charge < -0.3 is 5.32 Å². The van der Waals surface area contributed by atoms with Crippen LogP contribution in [0.5, 0.6) is 0 Å². The molecule has 0 spiro atoms. The average Bonchev–Trinajstić information content (AvgIpc) is 2.99. The molecule has 3 aromatic rings. The number of allylic oxidation sites excluding steroid dienone is 2. The van der Waals surface area contributed by atoms with E-state index < -0.39 is 0 Å². The van der Waals surface area contributed by atoms with Crippen LogP contribution >= 0.6 is 0 Å². The molecule has 26 heavy (non-hydrogen) atoms. The summed E-state index contributed by atoms with van der Waals surface area (Å²) in [6.45, 7) is 9.23. The topological polar surface area (TPSA) is 24.9 Å². The maximum absolute atomic E-state index is 4.47. The monoisotopic (exact) mass is 338 g/mol. The second kappa shape index (κ2) is 6.64. The highest BCUT2D eigenvalue weighted by Gasteiger charge is 2.44. The summed E-state index contributed by atoms with van der Waals surface area (Å²) in [6.07, 6.45) is 6.44. The molecule has 0 saturated carbocycles. The van der Waals surface area contributed by atoms with Gasteiger partial charge in [-0.05, 0) is 46.4 Å². The molecule has 1 heterocycles. The fraction of sp³-hybridized carbons (Fsp3) is 0.125. The van der Waals surface area contributed by atoms with Crippen LogP contribution < -0.4 is 5.32 Å². The summed E-state index contributed by atoms with van der Waals surface area (Å²) in [6, 6.07) is 21.3. The van der Waals surface area contributed by atoms with Crippen molar-refractivity contribution in [3.05, 3.63) is 115 Å². The van der Waals surface area contributed by atoms with E-state index in [-0.39, 0.29) is 5.41 Å². The minimum atomic E-state index is -0.290. The molecule has 0 bridgehead atoms. The number of fused-ring (bicyclic) bond motifs is 3. The zero-order valence-corrected chi connectivity index (χ0v) is 14.8. The van der Waals surface area contributed by atoms with Gasteiger partial charge in [0.15, 0.2) is 0 Å². The molecule has 4 rings (SSSR count). The molecule has 0 amide bonds. The molecule has 0 radical (unpaired) electrons. The predicted octanol–water partition coefficient (Wildman–Crippen LogP) is 5.23. The Balaban J connectivity index is 1.79. The fourth-order valence-corrected chi connectivity index (χ4v) is 4.07. The summed E-state index contributed by atoms with van der Waals surface area (Å²) in [5.41, 5.74) is 7.08. The lowest BCUT2D eigenvalue weighted by molar-refractivity contribution is 0.566. The van der Waals surface area contributed by atoms with Crippen molar-refractivity contribution >= 4 is 0 Å². The van der Waals surface area contributed by atoms with Gasteiger partial charge in [-0.2, -0.15) is 0 Å². The Kier molecular flexibility index (Phi) is 4.18. The van der Waals surface area contributed by atoms with Crippen LogP contribution in [-0.4, -0.2) is 4.98 Å². The average molecular weight is 338 g/mol. The van der Waals surface area contributed by atoms with Crippen molar-refractivity contribution < 1.29 is 0 Å². The Morgan fingerprint density at radius 2 is 1.50 bits per heavy atom. The summed E-state index contributed by atoms with van der Waals surface area (Å²) < 4.78 is 0. The van der Waals surface area contributed by atoms with E-state index in [0.29, 0.717) is 0 Å². The molecule has 2 nitrogen and oxygen atoms in total. The van der Waals surface area contributed by atoms with Crippen molar-refractivity contribution in [3.63, 3.8) is 0 Å². The van der Waals surface area contributed by atoms with E-state index in [0.717, 1.165) is 18.7 Å². The normalized spacial score (nSPS) is 13.5. The van der Waals surface area contributed by atoms with Crippen LogP contribution in [0.3, 0.4) is 0 Å². The summed E-state index contributed by atoms with van der Waals surface area (Å²) >= 11 is 0. The van der Waals surface area contributed by atoms with Gasteiger partial charge in [0.05, 0.1) is 5.41 Å². The van der Waals surface area contributed by atoms with E-state index >= 15 is 0 Å². The fourth-order valence-electron chi connectivity index (χ4n) is 4.07. The Labute approximate surface area is 154 Å². The van der Waals surface area contributed by atoms with Gasteiger partial charge in [0.2, 0.25) is 0 Å². The van der Waals surface area contributed by atoms with E-state index in [2.05, 4.69) is 72.0 Å². The molecular formula is C24H22N2. The first-order valence-corrected chi connectivity index (χ1v) is 8.90. The van der Waals surface area contributed by atoms with E-state index in [4.69, 9.17) is 0 Å². The molecular weight excluding hydrogens is 316 g/mol. The van der Waals surface area contributed by atoms with Crippen LogP contribution in [0.4, 0.5) is 0 Å². The van der Waals surface area contributed by atoms with Crippen molar-refractivity contribution in [2.75, 3.05) is 0 Å². The Morgan fingerprint density at radius 1 is 0.923 bits per heavy atom. The Bertz CT molecular complexity index is 911. The number of pyridine rings is 1. The summed E-state index contributed by atoms with van der Waals surface area (Å²) in [5.74, 6) is 0. The first-order chi connectivity index (χ1) is 12.8. The minimum absolute atomic E-state index is 0.290. The third-order valence-electron chi connectivity index (χ3n) is 5.28. The second-order valence-corrected chi connectivity index (χ2v) is 6.68. The number of nitrogens with one attached hydrogen (secondary N) is 1. The van der Waals surface area contributed by atoms with Crippen LogP contribution in [0.2, 0.25) is 0 Å². The van der Waals surface area contributed by atoms with Crippen LogP contribution in [0, 0.1) is 0 Å². The molecule has 0 saturated heterocycles. The second-order valence-electron chi connectivity index (χ2n) is 6.68. The number of hydrogen-bond acceptors (Lipinski definition) is 2. The smallest absolute Gasteiger partial charge is 0.0638 e. The molecule has 2 aromatic carbocycles. The van der Waals surface area contributed by atoms with Crippen molar-refractivity contribution in [1.82, 2.24) is 10.3 Å². The lowest BCUT2D eigenvalue weighted by Gasteiger charge is -2.34. The SMILES string of the molecule is C=CCC1(C(=C)NCc2ccncc2)c2ccccc2-c2ccccc21. The minimum Gasteiger partial charge on any atom is -0.384 e. The number of benzene rings is 2. The lowest BCUT2D eigenvalue weighted by Crippen LogP contribution is -2.34. The molecule has 2 heteroatoms. The van der Waals surface area contributed by atoms with E-state index in [9.17, 15) is 0 Å². The molecule has 1 aromatic heterocycles. The highest BCUT2D eigenvalue weighted by molar-refractivity contribution is 5.83. The maximum Gasteiger partial charge on any atom is 0.0638 e. The molecule has 0 aliphatic heterocycles. The number of rotatable bonds is 6. The summed E-state index contributed by atoms with van der Waals surface area (Å²) in [5, 5.41) is 3.58. The molecule has 0 fully saturated rings. The Hall–Kier alpha value is -3.13. The quantitative estimate of drug-likeness (QED) is 0.623. The van der Waals surface area contributed by atoms with Crippen molar-refractivity contribution in [2.45, 2.75) is 18.4 Å². The largest absolute Gasteiger partial charge is 0.384 e. The van der Waals surface area contributed by atoms with Gasteiger partial charge in [-0.15, -0.1) is 6.58 Å². The van der Waals surface area contributed by atoms with Crippen molar-refractivity contribution in [1.29, 1.82) is 0 Å². The predicted molar refractivity (Wildman–Crippen MR) is 108 cm³/mol. The van der Waals surface area contributed by atoms with Crippen molar-refractivity contribution in [3.8, 4) is 11.1 Å². The van der Waals surface area contributed by atoms with Crippen LogP contribution in [0.1, 0.15) is 23.1 Å². The third kappa shape index (κ3) is 2.46. The van der Waals surface area contributed by atoms with E-state index in [1.807, 2.05) is 30.6 Å². The Morgan fingerprint density at radius 3 is 2.08 bits per heavy atom. The molecule has 1 N–H and O–H groups in total. The third-order valence-corrected chi connectivity index (χ3v) is 5.28.